The molecule has 0 fully saturated rings. The maximum Gasteiger partial charge on any atom is 0.263 e. The minimum Gasteiger partial charge on any atom is -0.350 e. The van der Waals surface area contributed by atoms with Gasteiger partial charge in [0.25, 0.3) is 5.91 Å². The van der Waals surface area contributed by atoms with Crippen LogP contribution in [0.1, 0.15) is 21.8 Å². The van der Waals surface area contributed by atoms with E-state index in [4.69, 9.17) is 5.26 Å². The molecule has 0 aliphatic carbocycles. The predicted octanol–water partition coefficient (Wildman–Crippen LogP) is 2.16. The fraction of sp³-hybridized carbons (Fsp3) is 0.231. The topological polar surface area (TPSA) is 78.7 Å². The third-order valence-electron chi connectivity index (χ3n) is 2.43. The smallest absolute Gasteiger partial charge is 0.263 e. The van der Waals surface area contributed by atoms with Crippen molar-refractivity contribution in [2.24, 2.45) is 0 Å². The summed E-state index contributed by atoms with van der Waals surface area (Å²) in [6.45, 7) is 2.16. The summed E-state index contributed by atoms with van der Waals surface area (Å²) in [5.74, 6) is -0.180. The van der Waals surface area contributed by atoms with Crippen molar-refractivity contribution in [2.75, 3.05) is 6.54 Å². The lowest BCUT2D eigenvalue weighted by Crippen LogP contribution is -2.23. The van der Waals surface area contributed by atoms with E-state index < -0.39 is 0 Å². The van der Waals surface area contributed by atoms with Gasteiger partial charge in [-0.2, -0.15) is 5.26 Å². The number of hydrogen-bond donors (Lipinski definition) is 1. The van der Waals surface area contributed by atoms with Gasteiger partial charge in [0.2, 0.25) is 0 Å². The molecule has 0 saturated heterocycles. The summed E-state index contributed by atoms with van der Waals surface area (Å²) in [7, 11) is 0. The van der Waals surface area contributed by atoms with Gasteiger partial charge in [-0.05, 0) is 19.1 Å². The lowest BCUT2D eigenvalue weighted by Gasteiger charge is -1.99. The predicted molar refractivity (Wildman–Crippen MR) is 72.6 cm³/mol. The molecule has 0 spiro atoms. The van der Waals surface area contributed by atoms with Gasteiger partial charge in [0.15, 0.2) is 0 Å². The molecule has 0 aromatic carbocycles. The highest BCUT2D eigenvalue weighted by Crippen LogP contribution is 2.27. The number of aryl methyl sites for hydroxylation is 1. The van der Waals surface area contributed by atoms with Crippen LogP contribution >= 0.6 is 11.3 Å². The van der Waals surface area contributed by atoms with E-state index >= 15 is 0 Å². The van der Waals surface area contributed by atoms with Gasteiger partial charge in [0.05, 0.1) is 18.2 Å². The van der Waals surface area contributed by atoms with Crippen LogP contribution in [0.3, 0.4) is 0 Å². The number of rotatable bonds is 4. The molecule has 0 saturated carbocycles. The summed E-state index contributed by atoms with van der Waals surface area (Å²) in [6.07, 6.45) is 3.72. The number of amides is 1. The Bertz CT molecular complexity index is 615. The van der Waals surface area contributed by atoms with Gasteiger partial charge in [-0.25, -0.2) is 4.98 Å². The molecule has 0 radical (unpaired) electrons. The Morgan fingerprint density at radius 2 is 2.42 bits per heavy atom. The minimum atomic E-state index is -0.180. The standard InChI is InChI=1S/C13H12N4OS/c1-9-11(12(18)16-7-3-5-14)19-13(17-9)10-4-2-6-15-8-10/h2,4,6,8H,3,7H2,1H3,(H,16,18). The Hall–Kier alpha value is -2.26. The number of pyridine rings is 1. The summed E-state index contributed by atoms with van der Waals surface area (Å²) in [6, 6.07) is 5.72. The second kappa shape index (κ2) is 6.07. The third kappa shape index (κ3) is 3.14. The molecule has 5 nitrogen and oxygen atoms in total. The van der Waals surface area contributed by atoms with Gasteiger partial charge < -0.3 is 5.32 Å². The maximum atomic E-state index is 11.9. The second-order valence-corrected chi connectivity index (χ2v) is 4.84. The van der Waals surface area contributed by atoms with Crippen LogP contribution in [0.5, 0.6) is 0 Å². The second-order valence-electron chi connectivity index (χ2n) is 3.84. The van der Waals surface area contributed by atoms with Gasteiger partial charge in [-0.3, -0.25) is 9.78 Å². The minimum absolute atomic E-state index is 0.180. The first-order valence-electron chi connectivity index (χ1n) is 5.75. The average Bonchev–Trinajstić information content (AvgIpc) is 2.82. The van der Waals surface area contributed by atoms with Gasteiger partial charge in [0.1, 0.15) is 9.88 Å². The van der Waals surface area contributed by atoms with Gasteiger partial charge in [-0.15, -0.1) is 11.3 Å². The van der Waals surface area contributed by atoms with Crippen molar-refractivity contribution < 1.29 is 4.79 Å². The van der Waals surface area contributed by atoms with Gasteiger partial charge in [-0.1, -0.05) is 0 Å². The molecule has 6 heteroatoms. The first-order valence-corrected chi connectivity index (χ1v) is 6.57. The molecular formula is C13H12N4OS. The van der Waals surface area contributed by atoms with E-state index in [1.54, 1.807) is 19.3 Å². The van der Waals surface area contributed by atoms with Crippen molar-refractivity contribution in [3.8, 4) is 16.6 Å². The molecule has 2 aromatic rings. The number of hydrogen-bond acceptors (Lipinski definition) is 5. The van der Waals surface area contributed by atoms with E-state index in [0.717, 1.165) is 10.6 Å². The summed E-state index contributed by atoms with van der Waals surface area (Å²) in [4.78, 5) is 20.9. The largest absolute Gasteiger partial charge is 0.350 e. The molecule has 96 valence electrons. The Balaban J connectivity index is 2.18. The van der Waals surface area contributed by atoms with Crippen LogP contribution in [0.4, 0.5) is 0 Å². The molecule has 1 amide bonds. The normalized spacial score (nSPS) is 9.89. The van der Waals surface area contributed by atoms with Crippen molar-refractivity contribution >= 4 is 17.2 Å². The van der Waals surface area contributed by atoms with Crippen LogP contribution in [0.2, 0.25) is 0 Å². The highest BCUT2D eigenvalue weighted by molar-refractivity contribution is 7.17. The number of nitrogens with one attached hydrogen (secondary N) is 1. The Morgan fingerprint density at radius 1 is 1.58 bits per heavy atom. The molecule has 2 aromatic heterocycles. The first kappa shape index (κ1) is 13.2. The van der Waals surface area contributed by atoms with E-state index in [9.17, 15) is 4.79 Å². The zero-order chi connectivity index (χ0) is 13.7. The van der Waals surface area contributed by atoms with Crippen LogP contribution in [0.25, 0.3) is 10.6 Å². The Kier molecular flexibility index (Phi) is 4.21. The summed E-state index contributed by atoms with van der Waals surface area (Å²) < 4.78 is 0. The van der Waals surface area contributed by atoms with Crippen LogP contribution < -0.4 is 5.32 Å². The summed E-state index contributed by atoms with van der Waals surface area (Å²) in [5, 5.41) is 11.9. The van der Waals surface area contributed by atoms with Crippen LogP contribution in [-0.4, -0.2) is 22.4 Å². The average molecular weight is 272 g/mol. The quantitative estimate of drug-likeness (QED) is 0.865. The Labute approximate surface area is 114 Å². The van der Waals surface area contributed by atoms with Crippen molar-refractivity contribution in [3.05, 3.63) is 35.1 Å². The highest BCUT2D eigenvalue weighted by atomic mass is 32.1. The van der Waals surface area contributed by atoms with Gasteiger partial charge >= 0.3 is 0 Å². The first-order chi connectivity index (χ1) is 9.22. The van der Waals surface area contributed by atoms with Crippen LogP contribution in [0.15, 0.2) is 24.5 Å². The zero-order valence-corrected chi connectivity index (χ0v) is 11.2. The van der Waals surface area contributed by atoms with Crippen molar-refractivity contribution in [1.82, 2.24) is 15.3 Å². The molecule has 2 rings (SSSR count). The zero-order valence-electron chi connectivity index (χ0n) is 10.4. The molecule has 0 aliphatic heterocycles. The van der Waals surface area contributed by atoms with Crippen LogP contribution in [-0.2, 0) is 0 Å². The van der Waals surface area contributed by atoms with Crippen LogP contribution in [0, 0.1) is 18.3 Å². The lowest BCUT2D eigenvalue weighted by molar-refractivity contribution is 0.0958. The number of thiazole rings is 1. The maximum absolute atomic E-state index is 11.9. The molecule has 0 unspecified atom stereocenters. The van der Waals surface area contributed by atoms with E-state index in [1.807, 2.05) is 18.2 Å². The molecule has 2 heterocycles. The Morgan fingerprint density at radius 3 is 3.11 bits per heavy atom. The molecule has 0 aliphatic rings. The van der Waals surface area contributed by atoms with E-state index in [0.29, 0.717) is 23.5 Å². The molecular weight excluding hydrogens is 260 g/mol. The van der Waals surface area contributed by atoms with Crippen molar-refractivity contribution in [1.29, 1.82) is 5.26 Å². The third-order valence-corrected chi connectivity index (χ3v) is 3.64. The molecule has 19 heavy (non-hydrogen) atoms. The summed E-state index contributed by atoms with van der Waals surface area (Å²) in [5.41, 5.74) is 1.59. The number of carbonyl (C=O) groups is 1. The van der Waals surface area contributed by atoms with E-state index in [-0.39, 0.29) is 5.91 Å². The number of aromatic nitrogens is 2. The fourth-order valence-electron chi connectivity index (χ4n) is 1.53. The molecule has 0 bridgehead atoms. The number of nitrogens with zero attached hydrogens (tertiary/aromatic N) is 3. The van der Waals surface area contributed by atoms with Gasteiger partial charge in [0, 0.05) is 24.5 Å². The molecule has 1 N–H and O–H groups in total. The van der Waals surface area contributed by atoms with Crippen molar-refractivity contribution in [2.45, 2.75) is 13.3 Å². The van der Waals surface area contributed by atoms with E-state index in [2.05, 4.69) is 15.3 Å². The summed E-state index contributed by atoms with van der Waals surface area (Å²) >= 11 is 1.33. The lowest BCUT2D eigenvalue weighted by atomic mass is 10.3. The molecule has 0 atom stereocenters. The fourth-order valence-corrected chi connectivity index (χ4v) is 2.50. The monoisotopic (exact) mass is 272 g/mol. The van der Waals surface area contributed by atoms with E-state index in [1.165, 1.54) is 11.3 Å². The highest BCUT2D eigenvalue weighted by Gasteiger charge is 2.15. The van der Waals surface area contributed by atoms with Crippen molar-refractivity contribution in [3.63, 3.8) is 0 Å². The number of carbonyl (C=O) groups excluding carboxylic acids is 1. The SMILES string of the molecule is Cc1nc(-c2cccnc2)sc1C(=O)NCCC#N. The number of nitriles is 1.